The van der Waals surface area contributed by atoms with Gasteiger partial charge in [0.15, 0.2) is 9.84 Å². The quantitative estimate of drug-likeness (QED) is 0.913. The van der Waals surface area contributed by atoms with Crippen LogP contribution in [0.15, 0.2) is 22.8 Å². The predicted octanol–water partition coefficient (Wildman–Crippen LogP) is 1.54. The Morgan fingerprint density at radius 1 is 1.47 bits per heavy atom. The third-order valence-electron chi connectivity index (χ3n) is 3.07. The van der Waals surface area contributed by atoms with E-state index in [1.165, 1.54) is 6.26 Å². The second kappa shape index (κ2) is 5.04. The van der Waals surface area contributed by atoms with E-state index in [1.54, 1.807) is 20.0 Å². The Balaban J connectivity index is 2.86. The van der Waals surface area contributed by atoms with E-state index >= 15 is 0 Å². The number of sulfone groups is 1. The number of hydrogen-bond acceptors (Lipinski definition) is 4. The van der Waals surface area contributed by atoms with Gasteiger partial charge in [-0.25, -0.2) is 8.42 Å². The van der Waals surface area contributed by atoms with Gasteiger partial charge < -0.3 is 5.73 Å². The summed E-state index contributed by atoms with van der Waals surface area (Å²) in [5.41, 5.74) is 6.77. The van der Waals surface area contributed by atoms with Crippen molar-refractivity contribution in [2.75, 3.05) is 6.26 Å². The van der Waals surface area contributed by atoms with E-state index in [2.05, 4.69) is 20.9 Å². The predicted molar refractivity (Wildman–Crippen MR) is 72.5 cm³/mol. The molecule has 0 bridgehead atoms. The fourth-order valence-corrected chi connectivity index (χ4v) is 2.14. The van der Waals surface area contributed by atoms with Gasteiger partial charge in [-0.05, 0) is 41.9 Å². The second-order valence-corrected chi connectivity index (χ2v) is 8.17. The monoisotopic (exact) mass is 320 g/mol. The number of aromatic nitrogens is 1. The summed E-state index contributed by atoms with van der Waals surface area (Å²) in [6.07, 6.45) is 3.32. The van der Waals surface area contributed by atoms with Crippen LogP contribution >= 0.6 is 15.9 Å². The molecular weight excluding hydrogens is 304 g/mol. The summed E-state index contributed by atoms with van der Waals surface area (Å²) in [5.74, 6) is 0. The molecule has 1 heterocycles. The molecule has 96 valence electrons. The molecule has 0 aromatic carbocycles. The van der Waals surface area contributed by atoms with Gasteiger partial charge in [-0.2, -0.15) is 0 Å². The maximum Gasteiger partial charge on any atom is 0.154 e. The molecule has 1 unspecified atom stereocenters. The van der Waals surface area contributed by atoms with Crippen molar-refractivity contribution in [1.82, 2.24) is 4.98 Å². The van der Waals surface area contributed by atoms with Gasteiger partial charge in [-0.15, -0.1) is 0 Å². The summed E-state index contributed by atoms with van der Waals surface area (Å²) in [6, 6.07) is 3.22. The van der Waals surface area contributed by atoms with E-state index in [0.29, 0.717) is 6.42 Å². The first-order valence-corrected chi connectivity index (χ1v) is 7.88. The smallest absolute Gasteiger partial charge is 0.154 e. The standard InChI is InChI=1S/C11H17BrN2O2S/c1-11(2,17(3,15)16)10(13)6-9-5-4-8(12)7-14-9/h4-5,7,10H,6,13H2,1-3H3. The van der Waals surface area contributed by atoms with Gasteiger partial charge >= 0.3 is 0 Å². The van der Waals surface area contributed by atoms with Crippen molar-refractivity contribution >= 4 is 25.8 Å². The van der Waals surface area contributed by atoms with Crippen LogP contribution in [0.3, 0.4) is 0 Å². The summed E-state index contributed by atoms with van der Waals surface area (Å²) < 4.78 is 23.2. The first kappa shape index (κ1) is 14.6. The van der Waals surface area contributed by atoms with Gasteiger partial charge in [0, 0.05) is 35.1 Å². The number of hydrogen-bond donors (Lipinski definition) is 1. The summed E-state index contributed by atoms with van der Waals surface area (Å²) >= 11 is 3.29. The molecule has 17 heavy (non-hydrogen) atoms. The highest BCUT2D eigenvalue weighted by Crippen LogP contribution is 2.21. The average molecular weight is 321 g/mol. The number of pyridine rings is 1. The van der Waals surface area contributed by atoms with Gasteiger partial charge in [0.05, 0.1) is 4.75 Å². The molecule has 1 aromatic rings. The van der Waals surface area contributed by atoms with Crippen LogP contribution < -0.4 is 5.73 Å². The van der Waals surface area contributed by atoms with Crippen molar-refractivity contribution in [2.45, 2.75) is 31.1 Å². The van der Waals surface area contributed by atoms with Crippen molar-refractivity contribution in [3.05, 3.63) is 28.5 Å². The van der Waals surface area contributed by atoms with E-state index in [0.717, 1.165) is 10.2 Å². The Morgan fingerprint density at radius 2 is 2.06 bits per heavy atom. The van der Waals surface area contributed by atoms with Crippen LogP contribution in [0.25, 0.3) is 0 Å². The number of nitrogens with zero attached hydrogens (tertiary/aromatic N) is 1. The van der Waals surface area contributed by atoms with Crippen molar-refractivity contribution in [3.63, 3.8) is 0 Å². The van der Waals surface area contributed by atoms with Gasteiger partial charge in [-0.1, -0.05) is 0 Å². The average Bonchev–Trinajstić information content (AvgIpc) is 2.19. The molecule has 2 N–H and O–H groups in total. The number of nitrogens with two attached hydrogens (primary N) is 1. The normalized spacial score (nSPS) is 14.6. The lowest BCUT2D eigenvalue weighted by molar-refractivity contribution is 0.479. The Labute approximate surface area is 111 Å². The molecule has 0 saturated heterocycles. The van der Waals surface area contributed by atoms with E-state index < -0.39 is 20.6 Å². The minimum atomic E-state index is -3.19. The topological polar surface area (TPSA) is 73.0 Å². The molecule has 0 saturated carbocycles. The Morgan fingerprint density at radius 3 is 2.47 bits per heavy atom. The third kappa shape index (κ3) is 3.50. The van der Waals surface area contributed by atoms with Crippen LogP contribution in [0.4, 0.5) is 0 Å². The summed E-state index contributed by atoms with van der Waals surface area (Å²) in [6.45, 7) is 3.29. The van der Waals surface area contributed by atoms with Gasteiger partial charge in [0.2, 0.25) is 0 Å². The van der Waals surface area contributed by atoms with Crippen LogP contribution in [0, 0.1) is 0 Å². The molecular formula is C11H17BrN2O2S. The van der Waals surface area contributed by atoms with E-state index in [9.17, 15) is 8.42 Å². The van der Waals surface area contributed by atoms with Gasteiger partial charge in [0.25, 0.3) is 0 Å². The lowest BCUT2D eigenvalue weighted by Crippen LogP contribution is -2.50. The van der Waals surface area contributed by atoms with E-state index in [4.69, 9.17) is 5.73 Å². The highest BCUT2D eigenvalue weighted by Gasteiger charge is 2.36. The zero-order valence-electron chi connectivity index (χ0n) is 10.1. The number of halogens is 1. The van der Waals surface area contributed by atoms with Gasteiger partial charge in [0.1, 0.15) is 0 Å². The molecule has 0 aliphatic carbocycles. The summed E-state index contributed by atoms with van der Waals surface area (Å²) in [5, 5.41) is 0. The van der Waals surface area contributed by atoms with Crippen LogP contribution in [0.5, 0.6) is 0 Å². The highest BCUT2D eigenvalue weighted by molar-refractivity contribution is 9.10. The molecule has 1 atom stereocenters. The summed E-state index contributed by atoms with van der Waals surface area (Å²) in [4.78, 5) is 4.19. The maximum atomic E-state index is 11.6. The molecule has 6 heteroatoms. The van der Waals surface area contributed by atoms with Crippen LogP contribution in [-0.4, -0.2) is 30.4 Å². The zero-order valence-corrected chi connectivity index (χ0v) is 12.5. The van der Waals surface area contributed by atoms with Crippen molar-refractivity contribution in [2.24, 2.45) is 5.73 Å². The maximum absolute atomic E-state index is 11.6. The van der Waals surface area contributed by atoms with E-state index in [1.807, 2.05) is 12.1 Å². The van der Waals surface area contributed by atoms with Crippen LogP contribution in [0.1, 0.15) is 19.5 Å². The highest BCUT2D eigenvalue weighted by atomic mass is 79.9. The molecule has 0 aliphatic rings. The minimum Gasteiger partial charge on any atom is -0.326 e. The Hall–Kier alpha value is -0.460. The molecule has 0 amide bonds. The first-order valence-electron chi connectivity index (χ1n) is 5.20. The minimum absolute atomic E-state index is 0.438. The Bertz CT molecular complexity index is 483. The molecule has 4 nitrogen and oxygen atoms in total. The lowest BCUT2D eigenvalue weighted by Gasteiger charge is -2.29. The molecule has 1 rings (SSSR count). The molecule has 1 aromatic heterocycles. The Kier molecular flexibility index (Phi) is 4.33. The van der Waals surface area contributed by atoms with Crippen molar-refractivity contribution in [1.29, 1.82) is 0 Å². The van der Waals surface area contributed by atoms with Crippen LogP contribution in [-0.2, 0) is 16.3 Å². The van der Waals surface area contributed by atoms with Crippen LogP contribution in [0.2, 0.25) is 0 Å². The molecule has 0 aliphatic heterocycles. The molecule has 0 spiro atoms. The zero-order chi connectivity index (χ0) is 13.3. The molecule has 0 radical (unpaired) electrons. The summed E-state index contributed by atoms with van der Waals surface area (Å²) in [7, 11) is -3.19. The fraction of sp³-hybridized carbons (Fsp3) is 0.545. The number of rotatable bonds is 4. The second-order valence-electron chi connectivity index (χ2n) is 4.65. The van der Waals surface area contributed by atoms with Crippen molar-refractivity contribution in [3.8, 4) is 0 Å². The van der Waals surface area contributed by atoms with E-state index in [-0.39, 0.29) is 0 Å². The lowest BCUT2D eigenvalue weighted by atomic mass is 9.99. The van der Waals surface area contributed by atoms with Crippen molar-refractivity contribution < 1.29 is 8.42 Å². The fourth-order valence-electron chi connectivity index (χ4n) is 1.27. The largest absolute Gasteiger partial charge is 0.326 e. The SMILES string of the molecule is CC(C)(C(N)Cc1ccc(Br)cn1)S(C)(=O)=O. The van der Waals surface area contributed by atoms with Gasteiger partial charge in [-0.3, -0.25) is 4.98 Å². The third-order valence-corrected chi connectivity index (χ3v) is 5.75. The molecule has 0 fully saturated rings. The first-order chi connectivity index (χ1) is 7.64.